The van der Waals surface area contributed by atoms with Crippen LogP contribution in [0.5, 0.6) is 0 Å². The van der Waals surface area contributed by atoms with Gasteiger partial charge in [0.15, 0.2) is 5.76 Å². The number of rotatable bonds is 5. The van der Waals surface area contributed by atoms with Crippen LogP contribution in [0.15, 0.2) is 34.7 Å². The predicted molar refractivity (Wildman–Crippen MR) is 93.7 cm³/mol. The molecule has 1 N–H and O–H groups in total. The lowest BCUT2D eigenvalue weighted by Gasteiger charge is -2.37. The molecule has 0 radical (unpaired) electrons. The maximum Gasteiger partial charge on any atom is 0.287 e. The molecule has 0 saturated carbocycles. The van der Waals surface area contributed by atoms with Crippen LogP contribution in [-0.4, -0.2) is 62.9 Å². The summed E-state index contributed by atoms with van der Waals surface area (Å²) in [4.78, 5) is 15.0. The molecule has 3 heterocycles. The van der Waals surface area contributed by atoms with Gasteiger partial charge in [0.2, 0.25) is 0 Å². The number of para-hydroxylation sites is 1. The summed E-state index contributed by atoms with van der Waals surface area (Å²) in [5.74, 6) is 0.659. The summed E-state index contributed by atoms with van der Waals surface area (Å²) in [6.45, 7) is 5.49. The van der Waals surface area contributed by atoms with Crippen LogP contribution in [0.25, 0.3) is 11.0 Å². The summed E-state index contributed by atoms with van der Waals surface area (Å²) in [6, 6.07) is 9.74. The van der Waals surface area contributed by atoms with Gasteiger partial charge in [-0.05, 0) is 18.6 Å². The van der Waals surface area contributed by atoms with Gasteiger partial charge in [-0.15, -0.1) is 0 Å². The predicted octanol–water partition coefficient (Wildman–Crippen LogP) is 1.90. The second-order valence-electron chi connectivity index (χ2n) is 6.70. The topological polar surface area (TPSA) is 63.9 Å². The number of benzene rings is 1. The minimum atomic E-state index is -0.159. The molecular weight excluding hydrogens is 320 g/mol. The number of fused-ring (bicyclic) bond motifs is 1. The molecule has 0 aliphatic carbocycles. The van der Waals surface area contributed by atoms with Crippen molar-refractivity contribution in [1.82, 2.24) is 10.2 Å². The highest BCUT2D eigenvalue weighted by Gasteiger charge is 2.32. The summed E-state index contributed by atoms with van der Waals surface area (Å²) in [5.41, 5.74) is 0.738. The maximum absolute atomic E-state index is 12.5. The van der Waals surface area contributed by atoms with Crippen LogP contribution in [0, 0.1) is 5.92 Å². The van der Waals surface area contributed by atoms with E-state index in [9.17, 15) is 4.79 Å². The quantitative estimate of drug-likeness (QED) is 0.897. The molecule has 6 nitrogen and oxygen atoms in total. The molecule has 25 heavy (non-hydrogen) atoms. The summed E-state index contributed by atoms with van der Waals surface area (Å²) in [7, 11) is 0. The standard InChI is InChI=1S/C19H24N2O4/c22-19(18-11-14-3-1-2-4-17(14)25-18)20-12-16(15-5-8-24-13-15)21-6-9-23-10-7-21/h1-4,11,15-16H,5-10,12-13H2,(H,20,22)/t15-,16-/m1/s1. The van der Waals surface area contributed by atoms with E-state index in [1.165, 1.54) is 0 Å². The fraction of sp³-hybridized carbons (Fsp3) is 0.526. The van der Waals surface area contributed by atoms with Gasteiger partial charge in [0.1, 0.15) is 5.58 Å². The first-order valence-electron chi connectivity index (χ1n) is 8.97. The second kappa shape index (κ2) is 7.56. The first-order chi connectivity index (χ1) is 12.3. The number of hydrogen-bond donors (Lipinski definition) is 1. The Morgan fingerprint density at radius 3 is 2.80 bits per heavy atom. The Balaban J connectivity index is 1.43. The van der Waals surface area contributed by atoms with Gasteiger partial charge in [-0.2, -0.15) is 0 Å². The van der Waals surface area contributed by atoms with Crippen molar-refractivity contribution in [3.8, 4) is 0 Å². The number of ether oxygens (including phenoxy) is 2. The SMILES string of the molecule is O=C(NC[C@H]([C@@H]1CCOC1)N1CCOCC1)c1cc2ccccc2o1. The smallest absolute Gasteiger partial charge is 0.287 e. The van der Waals surface area contributed by atoms with E-state index in [1.54, 1.807) is 6.07 Å². The highest BCUT2D eigenvalue weighted by Crippen LogP contribution is 2.22. The number of carbonyl (C=O) groups is 1. The van der Waals surface area contributed by atoms with Crippen LogP contribution in [0.1, 0.15) is 17.0 Å². The molecule has 0 unspecified atom stereocenters. The van der Waals surface area contributed by atoms with Crippen molar-refractivity contribution in [2.24, 2.45) is 5.92 Å². The van der Waals surface area contributed by atoms with Gasteiger partial charge in [0, 0.05) is 43.6 Å². The minimum Gasteiger partial charge on any atom is -0.451 e. The van der Waals surface area contributed by atoms with E-state index in [1.807, 2.05) is 24.3 Å². The Labute approximate surface area is 147 Å². The Bertz CT molecular complexity index is 684. The van der Waals surface area contributed by atoms with E-state index < -0.39 is 0 Å². The van der Waals surface area contributed by atoms with Crippen molar-refractivity contribution in [1.29, 1.82) is 0 Å². The lowest BCUT2D eigenvalue weighted by Crippen LogP contribution is -2.52. The molecule has 2 atom stereocenters. The summed E-state index contributed by atoms with van der Waals surface area (Å²) in [6.07, 6.45) is 1.04. The highest BCUT2D eigenvalue weighted by molar-refractivity contribution is 5.96. The molecule has 0 bridgehead atoms. The summed E-state index contributed by atoms with van der Waals surface area (Å²) in [5, 5.41) is 4.01. The van der Waals surface area contributed by atoms with Gasteiger partial charge >= 0.3 is 0 Å². The molecule has 2 fully saturated rings. The minimum absolute atomic E-state index is 0.159. The molecule has 0 spiro atoms. The number of nitrogens with one attached hydrogen (secondary N) is 1. The molecule has 1 aromatic carbocycles. The van der Waals surface area contributed by atoms with Crippen LogP contribution in [0.3, 0.4) is 0 Å². The molecule has 2 aromatic rings. The van der Waals surface area contributed by atoms with E-state index in [2.05, 4.69) is 10.2 Å². The van der Waals surface area contributed by atoms with Gasteiger partial charge < -0.3 is 19.2 Å². The maximum atomic E-state index is 12.5. The third kappa shape index (κ3) is 3.71. The largest absolute Gasteiger partial charge is 0.451 e. The molecule has 2 saturated heterocycles. The van der Waals surface area contributed by atoms with Crippen LogP contribution < -0.4 is 5.32 Å². The van der Waals surface area contributed by atoms with E-state index in [4.69, 9.17) is 13.9 Å². The van der Waals surface area contributed by atoms with Crippen molar-refractivity contribution < 1.29 is 18.7 Å². The molecule has 1 amide bonds. The average molecular weight is 344 g/mol. The number of furan rings is 1. The number of hydrogen-bond acceptors (Lipinski definition) is 5. The van der Waals surface area contributed by atoms with Gasteiger partial charge in [-0.3, -0.25) is 9.69 Å². The number of morpholine rings is 1. The van der Waals surface area contributed by atoms with E-state index in [0.29, 0.717) is 18.2 Å². The molecule has 4 rings (SSSR count). The molecule has 2 aliphatic rings. The molecule has 1 aromatic heterocycles. The van der Waals surface area contributed by atoms with Gasteiger partial charge in [0.25, 0.3) is 5.91 Å². The van der Waals surface area contributed by atoms with Crippen LogP contribution in [0.4, 0.5) is 0 Å². The molecule has 2 aliphatic heterocycles. The second-order valence-corrected chi connectivity index (χ2v) is 6.70. The monoisotopic (exact) mass is 344 g/mol. The van der Waals surface area contributed by atoms with Crippen molar-refractivity contribution in [2.75, 3.05) is 46.1 Å². The third-order valence-corrected chi connectivity index (χ3v) is 5.14. The first kappa shape index (κ1) is 16.6. The zero-order valence-electron chi connectivity index (χ0n) is 14.3. The number of nitrogens with zero attached hydrogens (tertiary/aromatic N) is 1. The zero-order valence-corrected chi connectivity index (χ0v) is 14.3. The molecule has 6 heteroatoms. The Morgan fingerprint density at radius 1 is 1.20 bits per heavy atom. The lowest BCUT2D eigenvalue weighted by atomic mass is 9.97. The Kier molecular flexibility index (Phi) is 5.01. The van der Waals surface area contributed by atoms with Crippen LogP contribution >= 0.6 is 0 Å². The van der Waals surface area contributed by atoms with Crippen molar-refractivity contribution in [3.05, 3.63) is 36.1 Å². The fourth-order valence-electron chi connectivity index (χ4n) is 3.74. The van der Waals surface area contributed by atoms with E-state index in [-0.39, 0.29) is 11.9 Å². The normalized spacial score (nSPS) is 23.0. The molecular formula is C19H24N2O4. The van der Waals surface area contributed by atoms with E-state index >= 15 is 0 Å². The van der Waals surface area contributed by atoms with E-state index in [0.717, 1.165) is 56.9 Å². The summed E-state index contributed by atoms with van der Waals surface area (Å²) < 4.78 is 16.7. The summed E-state index contributed by atoms with van der Waals surface area (Å²) >= 11 is 0. The van der Waals surface area contributed by atoms with Gasteiger partial charge in [-0.25, -0.2) is 0 Å². The highest BCUT2D eigenvalue weighted by atomic mass is 16.5. The Hall–Kier alpha value is -1.89. The van der Waals surface area contributed by atoms with Crippen LogP contribution in [0.2, 0.25) is 0 Å². The third-order valence-electron chi connectivity index (χ3n) is 5.14. The van der Waals surface area contributed by atoms with Crippen molar-refractivity contribution >= 4 is 16.9 Å². The first-order valence-corrected chi connectivity index (χ1v) is 8.97. The molecule has 134 valence electrons. The Morgan fingerprint density at radius 2 is 2.04 bits per heavy atom. The lowest BCUT2D eigenvalue weighted by molar-refractivity contribution is 0.00160. The van der Waals surface area contributed by atoms with Crippen molar-refractivity contribution in [3.63, 3.8) is 0 Å². The van der Waals surface area contributed by atoms with Crippen molar-refractivity contribution in [2.45, 2.75) is 12.5 Å². The number of carbonyl (C=O) groups excluding carboxylic acids is 1. The van der Waals surface area contributed by atoms with Gasteiger partial charge in [-0.1, -0.05) is 18.2 Å². The average Bonchev–Trinajstić information content (AvgIpc) is 3.32. The van der Waals surface area contributed by atoms with Gasteiger partial charge in [0.05, 0.1) is 19.8 Å². The number of amides is 1. The zero-order chi connectivity index (χ0) is 17.1. The fourth-order valence-corrected chi connectivity index (χ4v) is 3.74. The van der Waals surface area contributed by atoms with Crippen LogP contribution in [-0.2, 0) is 9.47 Å².